The quantitative estimate of drug-likeness (QED) is 0.729. The van der Waals surface area contributed by atoms with Gasteiger partial charge in [-0.2, -0.15) is 0 Å². The van der Waals surface area contributed by atoms with Crippen molar-refractivity contribution in [3.05, 3.63) is 0 Å². The van der Waals surface area contributed by atoms with E-state index in [0.29, 0.717) is 5.92 Å². The first-order valence-electron chi connectivity index (χ1n) is 6.51. The molecule has 3 nitrogen and oxygen atoms in total. The van der Waals surface area contributed by atoms with Crippen LogP contribution in [0, 0.1) is 23.7 Å². The van der Waals surface area contributed by atoms with Gasteiger partial charge >= 0.3 is 5.97 Å². The lowest BCUT2D eigenvalue weighted by molar-refractivity contribution is -0.146. The molecular formula is C13H23NO2. The van der Waals surface area contributed by atoms with Gasteiger partial charge in [0.25, 0.3) is 0 Å². The molecule has 0 radical (unpaired) electrons. The molecule has 1 saturated heterocycles. The number of esters is 1. The van der Waals surface area contributed by atoms with Crippen molar-refractivity contribution in [1.82, 2.24) is 5.32 Å². The molecule has 0 spiro atoms. The fourth-order valence-corrected chi connectivity index (χ4v) is 3.32. The van der Waals surface area contributed by atoms with Crippen LogP contribution in [-0.2, 0) is 9.53 Å². The summed E-state index contributed by atoms with van der Waals surface area (Å²) in [7, 11) is 1.50. The first-order valence-corrected chi connectivity index (χ1v) is 6.51. The molecule has 3 heteroatoms. The molecule has 1 aliphatic carbocycles. The van der Waals surface area contributed by atoms with Crippen molar-refractivity contribution >= 4 is 5.97 Å². The van der Waals surface area contributed by atoms with Gasteiger partial charge in [-0.1, -0.05) is 19.8 Å². The van der Waals surface area contributed by atoms with Gasteiger partial charge in [0.1, 0.15) is 0 Å². The molecule has 1 N–H and O–H groups in total. The third kappa shape index (κ3) is 2.40. The maximum absolute atomic E-state index is 11.7. The summed E-state index contributed by atoms with van der Waals surface area (Å²) in [5, 5.41) is 3.35. The molecule has 1 heterocycles. The van der Waals surface area contributed by atoms with Gasteiger partial charge < -0.3 is 10.1 Å². The predicted molar refractivity (Wildman–Crippen MR) is 63.0 cm³/mol. The standard InChI is InChI=1S/C13H23NO2/c1-9-3-5-10(6-4-9)11-7-14-8-12(11)13(15)16-2/h9-12,14H,3-8H2,1-2H3. The molecule has 1 aliphatic heterocycles. The summed E-state index contributed by atoms with van der Waals surface area (Å²) in [6.45, 7) is 4.14. The predicted octanol–water partition coefficient (Wildman–Crippen LogP) is 1.82. The second kappa shape index (κ2) is 5.17. The highest BCUT2D eigenvalue weighted by molar-refractivity contribution is 5.73. The molecule has 0 bridgehead atoms. The molecular weight excluding hydrogens is 202 g/mol. The zero-order chi connectivity index (χ0) is 11.5. The lowest BCUT2D eigenvalue weighted by Gasteiger charge is -2.32. The Hall–Kier alpha value is -0.570. The number of rotatable bonds is 2. The van der Waals surface area contributed by atoms with Gasteiger partial charge in [-0.25, -0.2) is 0 Å². The Balaban J connectivity index is 1.94. The summed E-state index contributed by atoms with van der Waals surface area (Å²) in [6, 6.07) is 0. The molecule has 2 unspecified atom stereocenters. The monoisotopic (exact) mass is 225 g/mol. The van der Waals surface area contributed by atoms with Gasteiger partial charge in [0.15, 0.2) is 0 Å². The normalized spacial score (nSPS) is 39.6. The average Bonchev–Trinajstić information content (AvgIpc) is 2.78. The maximum Gasteiger partial charge on any atom is 0.310 e. The van der Waals surface area contributed by atoms with Gasteiger partial charge in [-0.15, -0.1) is 0 Å². The number of hydrogen-bond donors (Lipinski definition) is 1. The van der Waals surface area contributed by atoms with Crippen molar-refractivity contribution in [2.24, 2.45) is 23.7 Å². The summed E-state index contributed by atoms with van der Waals surface area (Å²) in [6.07, 6.45) is 5.24. The third-order valence-electron chi connectivity index (χ3n) is 4.43. The average molecular weight is 225 g/mol. The molecule has 2 aliphatic rings. The van der Waals surface area contributed by atoms with Crippen molar-refractivity contribution in [3.8, 4) is 0 Å². The highest BCUT2D eigenvalue weighted by Gasteiger charge is 2.39. The van der Waals surface area contributed by atoms with Crippen molar-refractivity contribution in [2.75, 3.05) is 20.2 Å². The van der Waals surface area contributed by atoms with Crippen LogP contribution in [0.5, 0.6) is 0 Å². The Bertz CT molecular complexity index is 246. The van der Waals surface area contributed by atoms with Crippen LogP contribution in [0.15, 0.2) is 0 Å². The van der Waals surface area contributed by atoms with Crippen LogP contribution < -0.4 is 5.32 Å². The minimum absolute atomic E-state index is 0.0198. The zero-order valence-corrected chi connectivity index (χ0v) is 10.4. The van der Waals surface area contributed by atoms with Crippen molar-refractivity contribution in [1.29, 1.82) is 0 Å². The van der Waals surface area contributed by atoms with E-state index < -0.39 is 0 Å². The number of carbonyl (C=O) groups is 1. The molecule has 1 saturated carbocycles. The summed E-state index contributed by atoms with van der Waals surface area (Å²) in [4.78, 5) is 11.7. The number of methoxy groups -OCH3 is 1. The van der Waals surface area contributed by atoms with E-state index in [1.807, 2.05) is 0 Å². The third-order valence-corrected chi connectivity index (χ3v) is 4.43. The molecule has 2 fully saturated rings. The van der Waals surface area contributed by atoms with E-state index in [2.05, 4.69) is 12.2 Å². The Morgan fingerprint density at radius 3 is 2.50 bits per heavy atom. The lowest BCUT2D eigenvalue weighted by Crippen LogP contribution is -2.31. The highest BCUT2D eigenvalue weighted by atomic mass is 16.5. The fraction of sp³-hybridized carbons (Fsp3) is 0.923. The van der Waals surface area contributed by atoms with E-state index in [-0.39, 0.29) is 11.9 Å². The van der Waals surface area contributed by atoms with Crippen LogP contribution >= 0.6 is 0 Å². The van der Waals surface area contributed by atoms with Crippen LogP contribution in [0.25, 0.3) is 0 Å². The molecule has 0 aromatic carbocycles. The Kier molecular flexibility index (Phi) is 3.85. The Morgan fingerprint density at radius 2 is 1.88 bits per heavy atom. The summed E-state index contributed by atoms with van der Waals surface area (Å²) in [5.74, 6) is 2.20. The first-order chi connectivity index (χ1) is 7.72. The number of ether oxygens (including phenoxy) is 1. The van der Waals surface area contributed by atoms with Gasteiger partial charge in [-0.05, 0) is 37.1 Å². The van der Waals surface area contributed by atoms with Gasteiger partial charge in [0.2, 0.25) is 0 Å². The van der Waals surface area contributed by atoms with Crippen LogP contribution in [0.4, 0.5) is 0 Å². The largest absolute Gasteiger partial charge is 0.469 e. The van der Waals surface area contributed by atoms with Gasteiger partial charge in [0, 0.05) is 6.54 Å². The van der Waals surface area contributed by atoms with Gasteiger partial charge in [0.05, 0.1) is 13.0 Å². The molecule has 16 heavy (non-hydrogen) atoms. The first kappa shape index (κ1) is 11.9. The topological polar surface area (TPSA) is 38.3 Å². The molecule has 0 amide bonds. The second-order valence-electron chi connectivity index (χ2n) is 5.47. The number of nitrogens with one attached hydrogen (secondary N) is 1. The van der Waals surface area contributed by atoms with Crippen LogP contribution in [0.3, 0.4) is 0 Å². The molecule has 0 aromatic rings. The number of hydrogen-bond acceptors (Lipinski definition) is 3. The van der Waals surface area contributed by atoms with E-state index in [0.717, 1.165) is 24.9 Å². The molecule has 2 rings (SSSR count). The van der Waals surface area contributed by atoms with E-state index in [1.54, 1.807) is 0 Å². The smallest absolute Gasteiger partial charge is 0.310 e. The SMILES string of the molecule is COC(=O)C1CNCC1C1CCC(C)CC1. The van der Waals surface area contributed by atoms with E-state index in [4.69, 9.17) is 4.74 Å². The molecule has 92 valence electrons. The number of carbonyl (C=O) groups excluding carboxylic acids is 1. The highest BCUT2D eigenvalue weighted by Crippen LogP contribution is 2.38. The van der Waals surface area contributed by atoms with Crippen LogP contribution in [0.1, 0.15) is 32.6 Å². The van der Waals surface area contributed by atoms with E-state index in [1.165, 1.54) is 32.8 Å². The summed E-state index contributed by atoms with van der Waals surface area (Å²) < 4.78 is 4.90. The van der Waals surface area contributed by atoms with E-state index in [9.17, 15) is 4.79 Å². The van der Waals surface area contributed by atoms with E-state index >= 15 is 0 Å². The van der Waals surface area contributed by atoms with Crippen LogP contribution in [0.2, 0.25) is 0 Å². The maximum atomic E-state index is 11.7. The Labute approximate surface area is 97.9 Å². The minimum atomic E-state index is -0.0198. The second-order valence-corrected chi connectivity index (χ2v) is 5.47. The molecule has 2 atom stereocenters. The Morgan fingerprint density at radius 1 is 1.19 bits per heavy atom. The lowest BCUT2D eigenvalue weighted by atomic mass is 9.73. The fourth-order valence-electron chi connectivity index (χ4n) is 3.32. The minimum Gasteiger partial charge on any atom is -0.469 e. The molecule has 0 aromatic heterocycles. The van der Waals surface area contributed by atoms with Crippen molar-refractivity contribution in [3.63, 3.8) is 0 Å². The summed E-state index contributed by atoms with van der Waals surface area (Å²) in [5.41, 5.74) is 0. The van der Waals surface area contributed by atoms with Crippen LogP contribution in [-0.4, -0.2) is 26.2 Å². The van der Waals surface area contributed by atoms with Crippen molar-refractivity contribution < 1.29 is 9.53 Å². The zero-order valence-electron chi connectivity index (χ0n) is 10.4. The summed E-state index contributed by atoms with van der Waals surface area (Å²) >= 11 is 0. The van der Waals surface area contributed by atoms with Crippen molar-refractivity contribution in [2.45, 2.75) is 32.6 Å². The van der Waals surface area contributed by atoms with Gasteiger partial charge in [-0.3, -0.25) is 4.79 Å².